The smallest absolute Gasteiger partial charge is 0.306 e. The van der Waals surface area contributed by atoms with Crippen molar-refractivity contribution in [3.8, 4) is 0 Å². The van der Waals surface area contributed by atoms with Crippen LogP contribution in [0.25, 0.3) is 11.2 Å². The summed E-state index contributed by atoms with van der Waals surface area (Å²) in [6, 6.07) is 5.95. The summed E-state index contributed by atoms with van der Waals surface area (Å²) in [5, 5.41) is 14.9. The lowest BCUT2D eigenvalue weighted by atomic mass is 10.1. The van der Waals surface area contributed by atoms with Gasteiger partial charge < -0.3 is 4.57 Å². The highest BCUT2D eigenvalue weighted by molar-refractivity contribution is 5.99. The standard InChI is InChI=1S/C15H15N7O4/c1-8(9-4-6-10(7-5-9)22(25)26)18-19-14-16-12-11(20(14)2)13(23)17-15(24)21(12)3/h4-7H,1-3H3,(H,16,19)(H,17,23,24)/b18-8-. The zero-order chi connectivity index (χ0) is 19.0. The molecule has 2 aromatic heterocycles. The molecule has 11 heteroatoms. The maximum Gasteiger partial charge on any atom is 0.329 e. The molecule has 3 rings (SSSR count). The molecule has 134 valence electrons. The van der Waals surface area contributed by atoms with E-state index < -0.39 is 16.2 Å². The van der Waals surface area contributed by atoms with Gasteiger partial charge in [0.15, 0.2) is 11.2 Å². The second-order valence-corrected chi connectivity index (χ2v) is 5.60. The minimum Gasteiger partial charge on any atom is -0.306 e. The van der Waals surface area contributed by atoms with E-state index in [0.29, 0.717) is 11.3 Å². The highest BCUT2D eigenvalue weighted by Crippen LogP contribution is 2.15. The second-order valence-electron chi connectivity index (χ2n) is 5.60. The number of benzene rings is 1. The first-order valence-electron chi connectivity index (χ1n) is 7.50. The summed E-state index contributed by atoms with van der Waals surface area (Å²) >= 11 is 0. The first-order chi connectivity index (χ1) is 12.3. The van der Waals surface area contributed by atoms with E-state index in [2.05, 4.69) is 20.5 Å². The van der Waals surface area contributed by atoms with Crippen LogP contribution in [0.15, 0.2) is 39.0 Å². The quantitative estimate of drug-likeness (QED) is 0.400. The van der Waals surface area contributed by atoms with Gasteiger partial charge in [-0.15, -0.1) is 0 Å². The average Bonchev–Trinajstić information content (AvgIpc) is 2.95. The predicted molar refractivity (Wildman–Crippen MR) is 95.5 cm³/mol. The highest BCUT2D eigenvalue weighted by atomic mass is 16.6. The lowest BCUT2D eigenvalue weighted by Crippen LogP contribution is -2.29. The molecule has 11 nitrogen and oxygen atoms in total. The Balaban J connectivity index is 1.95. The van der Waals surface area contributed by atoms with Gasteiger partial charge in [0.05, 0.1) is 10.6 Å². The molecule has 0 radical (unpaired) electrons. The molecule has 0 saturated carbocycles. The number of hydrogen-bond acceptors (Lipinski definition) is 7. The normalized spacial score (nSPS) is 11.7. The molecule has 0 saturated heterocycles. The van der Waals surface area contributed by atoms with Crippen LogP contribution < -0.4 is 16.7 Å². The fourth-order valence-corrected chi connectivity index (χ4v) is 2.43. The molecule has 0 aliphatic carbocycles. The number of aryl methyl sites for hydroxylation is 2. The van der Waals surface area contributed by atoms with Gasteiger partial charge in [-0.2, -0.15) is 10.1 Å². The third-order valence-electron chi connectivity index (χ3n) is 3.95. The number of nitrogens with one attached hydrogen (secondary N) is 2. The van der Waals surface area contributed by atoms with Gasteiger partial charge in [-0.1, -0.05) is 0 Å². The van der Waals surface area contributed by atoms with Crippen molar-refractivity contribution in [1.82, 2.24) is 19.1 Å². The number of nitrogens with zero attached hydrogens (tertiary/aromatic N) is 5. The van der Waals surface area contributed by atoms with E-state index >= 15 is 0 Å². The van der Waals surface area contributed by atoms with Crippen molar-refractivity contribution in [2.24, 2.45) is 19.2 Å². The van der Waals surface area contributed by atoms with E-state index in [1.54, 1.807) is 26.1 Å². The number of H-pyrrole nitrogens is 1. The van der Waals surface area contributed by atoms with E-state index in [0.717, 1.165) is 0 Å². The number of hydrogen-bond donors (Lipinski definition) is 2. The van der Waals surface area contributed by atoms with Crippen LogP contribution in [-0.4, -0.2) is 29.7 Å². The van der Waals surface area contributed by atoms with Gasteiger partial charge in [-0.25, -0.2) is 10.2 Å². The molecule has 0 fully saturated rings. The van der Waals surface area contributed by atoms with E-state index in [4.69, 9.17) is 0 Å². The van der Waals surface area contributed by atoms with Crippen molar-refractivity contribution >= 4 is 28.5 Å². The molecule has 2 N–H and O–H groups in total. The van der Waals surface area contributed by atoms with Gasteiger partial charge in [0, 0.05) is 26.2 Å². The van der Waals surface area contributed by atoms with Gasteiger partial charge in [0.25, 0.3) is 11.2 Å². The summed E-state index contributed by atoms with van der Waals surface area (Å²) in [6.07, 6.45) is 0. The number of nitro benzene ring substituents is 1. The molecule has 0 unspecified atom stereocenters. The van der Waals surface area contributed by atoms with Gasteiger partial charge in [0.2, 0.25) is 5.95 Å². The first kappa shape index (κ1) is 17.1. The Morgan fingerprint density at radius 1 is 1.23 bits per heavy atom. The molecule has 0 bridgehead atoms. The van der Waals surface area contributed by atoms with E-state index in [1.165, 1.54) is 28.3 Å². The zero-order valence-electron chi connectivity index (χ0n) is 14.2. The summed E-state index contributed by atoms with van der Waals surface area (Å²) in [6.45, 7) is 1.72. The molecule has 0 atom stereocenters. The van der Waals surface area contributed by atoms with Gasteiger partial charge >= 0.3 is 5.69 Å². The Hall–Kier alpha value is -3.76. The maximum atomic E-state index is 12.0. The monoisotopic (exact) mass is 357 g/mol. The van der Waals surface area contributed by atoms with Crippen LogP contribution in [0.3, 0.4) is 0 Å². The number of non-ortho nitro benzene ring substituents is 1. The van der Waals surface area contributed by atoms with Crippen LogP contribution in [0.1, 0.15) is 12.5 Å². The maximum absolute atomic E-state index is 12.0. The molecule has 0 aliphatic rings. The summed E-state index contributed by atoms with van der Waals surface area (Å²) in [5.74, 6) is 0.271. The lowest BCUT2D eigenvalue weighted by molar-refractivity contribution is -0.384. The first-order valence-corrected chi connectivity index (χ1v) is 7.50. The Bertz CT molecular complexity index is 1150. The van der Waals surface area contributed by atoms with Crippen LogP contribution >= 0.6 is 0 Å². The molecule has 0 amide bonds. The van der Waals surface area contributed by atoms with Gasteiger partial charge in [-0.05, 0) is 24.6 Å². The van der Waals surface area contributed by atoms with Crippen molar-refractivity contribution < 1.29 is 4.92 Å². The van der Waals surface area contributed by atoms with Crippen LogP contribution in [0.4, 0.5) is 11.6 Å². The summed E-state index contributed by atoms with van der Waals surface area (Å²) < 4.78 is 2.72. The van der Waals surface area contributed by atoms with Gasteiger partial charge in [-0.3, -0.25) is 24.5 Å². The van der Waals surface area contributed by atoms with E-state index in [9.17, 15) is 19.7 Å². The van der Waals surface area contributed by atoms with Crippen molar-refractivity contribution in [2.75, 3.05) is 5.43 Å². The average molecular weight is 357 g/mol. The third kappa shape index (κ3) is 2.85. The Morgan fingerprint density at radius 3 is 2.50 bits per heavy atom. The number of aromatic nitrogens is 4. The predicted octanol–water partition coefficient (Wildman–Crippen LogP) is 0.705. The van der Waals surface area contributed by atoms with Crippen molar-refractivity contribution in [3.63, 3.8) is 0 Å². The van der Waals surface area contributed by atoms with Crippen molar-refractivity contribution in [2.45, 2.75) is 6.92 Å². The molecule has 26 heavy (non-hydrogen) atoms. The molecule has 0 aliphatic heterocycles. The fourth-order valence-electron chi connectivity index (χ4n) is 2.43. The number of anilines is 1. The number of hydrazone groups is 1. The van der Waals surface area contributed by atoms with Crippen LogP contribution in [0, 0.1) is 10.1 Å². The Kier molecular flexibility index (Phi) is 4.12. The van der Waals surface area contributed by atoms with E-state index in [1.807, 2.05) is 0 Å². The Morgan fingerprint density at radius 2 is 1.88 bits per heavy atom. The number of rotatable bonds is 4. The minimum absolute atomic E-state index is 0.00926. The number of imidazole rings is 1. The largest absolute Gasteiger partial charge is 0.329 e. The lowest BCUT2D eigenvalue weighted by Gasteiger charge is -2.03. The number of nitro groups is 1. The van der Waals surface area contributed by atoms with Crippen LogP contribution in [-0.2, 0) is 14.1 Å². The topological polar surface area (TPSA) is 140 Å². The summed E-state index contributed by atoms with van der Waals surface area (Å²) in [4.78, 5) is 40.3. The molecule has 2 heterocycles. The fraction of sp³-hybridized carbons (Fsp3) is 0.200. The zero-order valence-corrected chi connectivity index (χ0v) is 14.2. The van der Waals surface area contributed by atoms with Crippen LogP contribution in [0.5, 0.6) is 0 Å². The van der Waals surface area contributed by atoms with E-state index in [-0.39, 0.29) is 22.8 Å². The number of fused-ring (bicyclic) bond motifs is 1. The molecular weight excluding hydrogens is 342 g/mol. The third-order valence-corrected chi connectivity index (χ3v) is 3.95. The van der Waals surface area contributed by atoms with Gasteiger partial charge in [0.1, 0.15) is 0 Å². The molecule has 1 aromatic carbocycles. The van der Waals surface area contributed by atoms with Crippen molar-refractivity contribution in [1.29, 1.82) is 0 Å². The molecular formula is C15H15N7O4. The Labute approximate surface area is 145 Å². The molecule has 0 spiro atoms. The summed E-state index contributed by atoms with van der Waals surface area (Å²) in [5.41, 5.74) is 3.36. The summed E-state index contributed by atoms with van der Waals surface area (Å²) in [7, 11) is 3.12. The van der Waals surface area contributed by atoms with Crippen LogP contribution in [0.2, 0.25) is 0 Å². The second kappa shape index (κ2) is 6.27. The highest BCUT2D eigenvalue weighted by Gasteiger charge is 2.14. The minimum atomic E-state index is -0.558. The SMILES string of the molecule is C/C(=N/Nc1nc2c(c(=O)[nH]c(=O)n2C)n1C)c1ccc([N+](=O)[O-])cc1. The number of aromatic amines is 1. The molecule has 3 aromatic rings. The van der Waals surface area contributed by atoms with Crippen molar-refractivity contribution in [3.05, 3.63) is 60.8 Å².